The van der Waals surface area contributed by atoms with Crippen LogP contribution < -0.4 is 16.0 Å². The highest BCUT2D eigenvalue weighted by Gasteiger charge is 2.33. The van der Waals surface area contributed by atoms with Crippen molar-refractivity contribution in [2.24, 2.45) is 0 Å². The molecule has 3 heterocycles. The Hall–Kier alpha value is -3.33. The second-order valence-electron chi connectivity index (χ2n) is 6.38. The SMILES string of the molecule is C[C@H]1CN(c2ccccc2)C(=O)c2c(NC(=O)c3ccnc(N)c3)cnn21.S. The smallest absolute Gasteiger partial charge is 0.278 e. The molecule has 2 amide bonds. The summed E-state index contributed by atoms with van der Waals surface area (Å²) in [6.45, 7) is 2.49. The molecule has 0 spiro atoms. The number of hydrogen-bond acceptors (Lipinski definition) is 5. The quantitative estimate of drug-likeness (QED) is 0.707. The Morgan fingerprint density at radius 2 is 2.00 bits per heavy atom. The molecule has 0 saturated carbocycles. The molecule has 144 valence electrons. The average Bonchev–Trinajstić information content (AvgIpc) is 3.10. The van der Waals surface area contributed by atoms with Crippen LogP contribution in [0.15, 0.2) is 54.9 Å². The summed E-state index contributed by atoms with van der Waals surface area (Å²) in [5.41, 5.74) is 7.52. The van der Waals surface area contributed by atoms with Crippen molar-refractivity contribution in [2.75, 3.05) is 22.5 Å². The zero-order valence-corrected chi connectivity index (χ0v) is 16.2. The first-order valence-corrected chi connectivity index (χ1v) is 8.52. The van der Waals surface area contributed by atoms with Gasteiger partial charge in [0.1, 0.15) is 5.82 Å². The van der Waals surface area contributed by atoms with Gasteiger partial charge in [0, 0.05) is 24.0 Å². The first-order valence-electron chi connectivity index (χ1n) is 8.52. The maximum Gasteiger partial charge on any atom is 0.278 e. The molecule has 4 rings (SSSR count). The number of nitrogens with one attached hydrogen (secondary N) is 1. The number of carbonyl (C=O) groups excluding carboxylic acids is 2. The highest BCUT2D eigenvalue weighted by atomic mass is 32.1. The van der Waals surface area contributed by atoms with Crippen molar-refractivity contribution in [2.45, 2.75) is 13.0 Å². The molecule has 0 saturated heterocycles. The fourth-order valence-corrected chi connectivity index (χ4v) is 3.17. The first kappa shape index (κ1) is 19.4. The number of nitrogens with two attached hydrogens (primary N) is 1. The van der Waals surface area contributed by atoms with Gasteiger partial charge in [-0.3, -0.25) is 14.3 Å². The number of aromatic nitrogens is 3. The molecule has 3 N–H and O–H groups in total. The highest BCUT2D eigenvalue weighted by molar-refractivity contribution is 7.59. The van der Waals surface area contributed by atoms with Gasteiger partial charge in [0.2, 0.25) is 0 Å². The van der Waals surface area contributed by atoms with Gasteiger partial charge in [-0.1, -0.05) is 18.2 Å². The highest BCUT2D eigenvalue weighted by Crippen LogP contribution is 2.30. The Balaban J connectivity index is 0.00000225. The fourth-order valence-electron chi connectivity index (χ4n) is 3.17. The van der Waals surface area contributed by atoms with Crippen molar-refractivity contribution in [1.29, 1.82) is 0 Å². The maximum atomic E-state index is 13.1. The Kier molecular flexibility index (Phi) is 5.36. The van der Waals surface area contributed by atoms with Crippen molar-refractivity contribution >= 4 is 42.5 Å². The predicted molar refractivity (Wildman–Crippen MR) is 112 cm³/mol. The van der Waals surface area contributed by atoms with Crippen LogP contribution in [0.4, 0.5) is 17.2 Å². The van der Waals surface area contributed by atoms with E-state index in [-0.39, 0.29) is 37.2 Å². The van der Waals surface area contributed by atoms with Crippen molar-refractivity contribution in [3.05, 3.63) is 66.1 Å². The topological polar surface area (TPSA) is 106 Å². The zero-order chi connectivity index (χ0) is 19.0. The lowest BCUT2D eigenvalue weighted by atomic mass is 10.1. The van der Waals surface area contributed by atoms with E-state index in [4.69, 9.17) is 5.73 Å². The number of fused-ring (bicyclic) bond motifs is 1. The number of pyridine rings is 1. The van der Waals surface area contributed by atoms with E-state index in [1.54, 1.807) is 15.6 Å². The van der Waals surface area contributed by atoms with E-state index in [1.165, 1.54) is 18.5 Å². The molecule has 28 heavy (non-hydrogen) atoms. The third-order valence-electron chi connectivity index (χ3n) is 4.47. The number of nitrogen functional groups attached to an aromatic ring is 1. The number of para-hydroxylation sites is 1. The fraction of sp³-hybridized carbons (Fsp3) is 0.158. The van der Waals surface area contributed by atoms with Crippen LogP contribution in [0.3, 0.4) is 0 Å². The van der Waals surface area contributed by atoms with Gasteiger partial charge in [0.05, 0.1) is 17.9 Å². The van der Waals surface area contributed by atoms with Crippen LogP contribution in [0.2, 0.25) is 0 Å². The van der Waals surface area contributed by atoms with E-state index in [1.807, 2.05) is 37.3 Å². The van der Waals surface area contributed by atoms with Crippen LogP contribution in [0, 0.1) is 0 Å². The third-order valence-corrected chi connectivity index (χ3v) is 4.47. The first-order chi connectivity index (χ1) is 13.0. The van der Waals surface area contributed by atoms with Crippen LogP contribution in [-0.4, -0.2) is 33.1 Å². The van der Waals surface area contributed by atoms with Gasteiger partial charge in [0.25, 0.3) is 11.8 Å². The van der Waals surface area contributed by atoms with Crippen LogP contribution >= 0.6 is 13.5 Å². The van der Waals surface area contributed by atoms with E-state index in [2.05, 4.69) is 15.4 Å². The van der Waals surface area contributed by atoms with Crippen molar-refractivity contribution in [1.82, 2.24) is 14.8 Å². The second kappa shape index (κ2) is 7.73. The van der Waals surface area contributed by atoms with Crippen LogP contribution in [0.5, 0.6) is 0 Å². The van der Waals surface area contributed by atoms with E-state index in [9.17, 15) is 9.59 Å². The van der Waals surface area contributed by atoms with Crippen LogP contribution in [-0.2, 0) is 0 Å². The molecule has 1 atom stereocenters. The summed E-state index contributed by atoms with van der Waals surface area (Å²) < 4.78 is 1.65. The van der Waals surface area contributed by atoms with Crippen LogP contribution in [0.1, 0.15) is 33.8 Å². The summed E-state index contributed by atoms with van der Waals surface area (Å²) in [5, 5.41) is 7.06. The number of rotatable bonds is 3. The molecule has 0 unspecified atom stereocenters. The Morgan fingerprint density at radius 1 is 1.25 bits per heavy atom. The average molecular weight is 396 g/mol. The molecule has 0 bridgehead atoms. The van der Waals surface area contributed by atoms with Gasteiger partial charge in [-0.2, -0.15) is 18.6 Å². The zero-order valence-electron chi connectivity index (χ0n) is 15.2. The summed E-state index contributed by atoms with van der Waals surface area (Å²) in [7, 11) is 0. The minimum absolute atomic E-state index is 0. The van der Waals surface area contributed by atoms with E-state index in [0.29, 0.717) is 23.5 Å². The Bertz CT molecular complexity index is 1020. The van der Waals surface area contributed by atoms with E-state index < -0.39 is 0 Å². The van der Waals surface area contributed by atoms with Gasteiger partial charge in [-0.05, 0) is 31.2 Å². The number of nitrogens with zero attached hydrogens (tertiary/aromatic N) is 4. The van der Waals surface area contributed by atoms with Crippen molar-refractivity contribution in [3.63, 3.8) is 0 Å². The summed E-state index contributed by atoms with van der Waals surface area (Å²) in [5.74, 6) is -0.335. The molecule has 9 heteroatoms. The standard InChI is InChI=1S/C19H18N6O2.H2S/c1-12-11-24(14-5-3-2-4-6-14)19(27)17-15(10-22-25(12)17)23-18(26)13-7-8-21-16(20)9-13;/h2-10,12H,11H2,1H3,(H2,20,21)(H,23,26);1H2/t12-;/m0./s1. The molecule has 0 fully saturated rings. The Morgan fingerprint density at radius 3 is 2.71 bits per heavy atom. The summed E-state index contributed by atoms with van der Waals surface area (Å²) >= 11 is 0. The summed E-state index contributed by atoms with van der Waals surface area (Å²) in [6.07, 6.45) is 2.96. The summed E-state index contributed by atoms with van der Waals surface area (Å²) in [6, 6.07) is 12.4. The third kappa shape index (κ3) is 3.44. The van der Waals surface area contributed by atoms with Crippen molar-refractivity contribution < 1.29 is 9.59 Å². The van der Waals surface area contributed by atoms with E-state index in [0.717, 1.165) is 5.69 Å². The van der Waals surface area contributed by atoms with Gasteiger partial charge in [-0.15, -0.1) is 0 Å². The number of anilines is 3. The largest absolute Gasteiger partial charge is 0.384 e. The second-order valence-corrected chi connectivity index (χ2v) is 6.38. The number of amides is 2. The van der Waals surface area contributed by atoms with Gasteiger partial charge in [-0.25, -0.2) is 4.98 Å². The molecule has 2 aromatic heterocycles. The molecular formula is C19H20N6O2S. The molecule has 1 aliphatic rings. The molecule has 1 aliphatic heterocycles. The number of benzene rings is 1. The van der Waals surface area contributed by atoms with E-state index >= 15 is 0 Å². The minimum atomic E-state index is -0.378. The van der Waals surface area contributed by atoms with Gasteiger partial charge >= 0.3 is 0 Å². The molecule has 8 nitrogen and oxygen atoms in total. The van der Waals surface area contributed by atoms with Crippen molar-refractivity contribution in [3.8, 4) is 0 Å². The normalized spacial score (nSPS) is 15.5. The lowest BCUT2D eigenvalue weighted by molar-refractivity contribution is 0.0954. The molecule has 1 aromatic carbocycles. The maximum absolute atomic E-state index is 13.1. The van der Waals surface area contributed by atoms with Crippen LogP contribution in [0.25, 0.3) is 0 Å². The Labute approximate surface area is 168 Å². The minimum Gasteiger partial charge on any atom is -0.384 e. The summed E-state index contributed by atoms with van der Waals surface area (Å²) in [4.78, 5) is 31.2. The molecule has 0 radical (unpaired) electrons. The predicted octanol–water partition coefficient (Wildman–Crippen LogP) is 2.45. The lowest BCUT2D eigenvalue weighted by Gasteiger charge is -2.32. The molecular weight excluding hydrogens is 376 g/mol. The van der Waals surface area contributed by atoms with Gasteiger partial charge < -0.3 is 16.0 Å². The number of hydrogen-bond donors (Lipinski definition) is 2. The van der Waals surface area contributed by atoms with Gasteiger partial charge in [0.15, 0.2) is 5.69 Å². The molecule has 0 aliphatic carbocycles. The monoisotopic (exact) mass is 396 g/mol. The lowest BCUT2D eigenvalue weighted by Crippen LogP contribution is -2.43. The molecule has 3 aromatic rings. The number of carbonyl (C=O) groups is 2.